The van der Waals surface area contributed by atoms with Gasteiger partial charge in [-0.05, 0) is 37.7 Å². The highest BCUT2D eigenvalue weighted by Gasteiger charge is 2.25. The summed E-state index contributed by atoms with van der Waals surface area (Å²) in [6.07, 6.45) is 0.884. The molecule has 0 saturated carbocycles. The first-order valence-corrected chi connectivity index (χ1v) is 8.94. The molecular formula is C13H19BrN2O2S. The van der Waals surface area contributed by atoms with E-state index < -0.39 is 10.0 Å². The lowest BCUT2D eigenvalue weighted by molar-refractivity contribution is 0.347. The number of rotatable bonds is 3. The standard InChI is InChI=1S/C13H19BrN2O2S/c1-15-7-2-8-16(10-9-15)19(17,18)13-5-3-12(11-14)4-6-13/h3-6H,2,7-11H2,1H3. The quantitative estimate of drug-likeness (QED) is 0.785. The van der Waals surface area contributed by atoms with Gasteiger partial charge in [-0.15, -0.1) is 0 Å². The van der Waals surface area contributed by atoms with Gasteiger partial charge >= 0.3 is 0 Å². The molecule has 1 aliphatic rings. The van der Waals surface area contributed by atoms with Gasteiger partial charge in [0.1, 0.15) is 0 Å². The maximum atomic E-state index is 12.5. The Balaban J connectivity index is 2.20. The van der Waals surface area contributed by atoms with Crippen LogP contribution in [0, 0.1) is 0 Å². The number of halogens is 1. The van der Waals surface area contributed by atoms with Crippen molar-refractivity contribution in [1.29, 1.82) is 0 Å². The fraction of sp³-hybridized carbons (Fsp3) is 0.538. The van der Waals surface area contributed by atoms with Crippen molar-refractivity contribution < 1.29 is 8.42 Å². The van der Waals surface area contributed by atoms with Crippen LogP contribution in [0.4, 0.5) is 0 Å². The monoisotopic (exact) mass is 346 g/mol. The largest absolute Gasteiger partial charge is 0.305 e. The minimum Gasteiger partial charge on any atom is -0.305 e. The van der Waals surface area contributed by atoms with Gasteiger partial charge in [0, 0.05) is 25.0 Å². The van der Waals surface area contributed by atoms with Crippen molar-refractivity contribution in [3.63, 3.8) is 0 Å². The van der Waals surface area contributed by atoms with Gasteiger partial charge in [-0.2, -0.15) is 4.31 Å². The topological polar surface area (TPSA) is 40.6 Å². The van der Waals surface area contributed by atoms with Crippen molar-refractivity contribution in [2.45, 2.75) is 16.6 Å². The molecule has 0 aliphatic carbocycles. The Morgan fingerprint density at radius 3 is 2.42 bits per heavy atom. The van der Waals surface area contributed by atoms with E-state index >= 15 is 0 Å². The fourth-order valence-electron chi connectivity index (χ4n) is 2.16. The molecule has 0 spiro atoms. The number of sulfonamides is 1. The van der Waals surface area contributed by atoms with Crippen molar-refractivity contribution in [2.75, 3.05) is 33.2 Å². The van der Waals surface area contributed by atoms with Crippen LogP contribution in [0.3, 0.4) is 0 Å². The molecule has 0 amide bonds. The molecule has 6 heteroatoms. The zero-order valence-corrected chi connectivity index (χ0v) is 13.5. The van der Waals surface area contributed by atoms with Crippen LogP contribution in [0.5, 0.6) is 0 Å². The van der Waals surface area contributed by atoms with Crippen LogP contribution in [-0.2, 0) is 15.4 Å². The van der Waals surface area contributed by atoms with Gasteiger partial charge in [0.25, 0.3) is 0 Å². The predicted octanol–water partition coefficient (Wildman–Crippen LogP) is 1.91. The van der Waals surface area contributed by atoms with Crippen LogP contribution in [0.25, 0.3) is 0 Å². The first-order valence-electron chi connectivity index (χ1n) is 6.37. The molecule has 1 aromatic rings. The number of nitrogens with zero attached hydrogens (tertiary/aromatic N) is 2. The SMILES string of the molecule is CN1CCCN(S(=O)(=O)c2ccc(CBr)cc2)CC1. The smallest absolute Gasteiger partial charge is 0.243 e. The molecule has 0 atom stereocenters. The van der Waals surface area contributed by atoms with Gasteiger partial charge in [0.05, 0.1) is 4.90 Å². The molecule has 0 radical (unpaired) electrons. The molecule has 1 fully saturated rings. The van der Waals surface area contributed by atoms with Crippen LogP contribution in [0.15, 0.2) is 29.2 Å². The van der Waals surface area contributed by atoms with Gasteiger partial charge in [-0.3, -0.25) is 0 Å². The fourth-order valence-corrected chi connectivity index (χ4v) is 4.01. The van der Waals surface area contributed by atoms with Crippen LogP contribution >= 0.6 is 15.9 Å². The summed E-state index contributed by atoms with van der Waals surface area (Å²) >= 11 is 3.36. The second-order valence-electron chi connectivity index (χ2n) is 4.84. The summed E-state index contributed by atoms with van der Waals surface area (Å²) in [5.41, 5.74) is 1.08. The summed E-state index contributed by atoms with van der Waals surface area (Å²) < 4.78 is 26.7. The normalized spacial score (nSPS) is 19.3. The highest BCUT2D eigenvalue weighted by atomic mass is 79.9. The highest BCUT2D eigenvalue weighted by molar-refractivity contribution is 9.08. The van der Waals surface area contributed by atoms with E-state index in [4.69, 9.17) is 0 Å². The second kappa shape index (κ2) is 6.35. The molecule has 0 unspecified atom stereocenters. The third kappa shape index (κ3) is 3.56. The Morgan fingerprint density at radius 1 is 1.11 bits per heavy atom. The summed E-state index contributed by atoms with van der Waals surface area (Å²) in [5.74, 6) is 0. The summed E-state index contributed by atoms with van der Waals surface area (Å²) in [6, 6.07) is 7.10. The highest BCUT2D eigenvalue weighted by Crippen LogP contribution is 2.18. The maximum absolute atomic E-state index is 12.5. The zero-order chi connectivity index (χ0) is 13.9. The van der Waals surface area contributed by atoms with Crippen LogP contribution < -0.4 is 0 Å². The van der Waals surface area contributed by atoms with Gasteiger partial charge in [-0.1, -0.05) is 28.1 Å². The van der Waals surface area contributed by atoms with E-state index in [0.717, 1.165) is 30.4 Å². The van der Waals surface area contributed by atoms with Crippen molar-refractivity contribution in [2.24, 2.45) is 0 Å². The molecular weight excluding hydrogens is 328 g/mol. The Bertz CT molecular complexity index is 516. The lowest BCUT2D eigenvalue weighted by Gasteiger charge is -2.20. The summed E-state index contributed by atoms with van der Waals surface area (Å²) in [5, 5.41) is 0.738. The molecule has 0 bridgehead atoms. The Labute approximate surface area is 123 Å². The predicted molar refractivity (Wildman–Crippen MR) is 79.9 cm³/mol. The lowest BCUT2D eigenvalue weighted by Crippen LogP contribution is -2.34. The lowest BCUT2D eigenvalue weighted by atomic mass is 10.2. The van der Waals surface area contributed by atoms with E-state index in [2.05, 4.69) is 20.8 Å². The summed E-state index contributed by atoms with van der Waals surface area (Å²) in [4.78, 5) is 2.56. The molecule has 2 rings (SSSR count). The average Bonchev–Trinajstić information content (AvgIpc) is 2.64. The first-order chi connectivity index (χ1) is 9.04. The van der Waals surface area contributed by atoms with Gasteiger partial charge < -0.3 is 4.90 Å². The van der Waals surface area contributed by atoms with Crippen molar-refractivity contribution >= 4 is 26.0 Å². The van der Waals surface area contributed by atoms with Gasteiger partial charge in [0.15, 0.2) is 0 Å². The van der Waals surface area contributed by atoms with Crippen LogP contribution in [-0.4, -0.2) is 50.8 Å². The third-order valence-electron chi connectivity index (χ3n) is 3.39. The van der Waals surface area contributed by atoms with Crippen LogP contribution in [0.1, 0.15) is 12.0 Å². The Kier molecular flexibility index (Phi) is 5.00. The van der Waals surface area contributed by atoms with E-state index in [1.807, 2.05) is 19.2 Å². The molecule has 1 aromatic carbocycles. The number of benzene rings is 1. The van der Waals surface area contributed by atoms with E-state index in [1.54, 1.807) is 16.4 Å². The van der Waals surface area contributed by atoms with Gasteiger partial charge in [0.2, 0.25) is 10.0 Å². The number of likely N-dealkylation sites (N-methyl/N-ethyl adjacent to an activating group) is 1. The zero-order valence-electron chi connectivity index (χ0n) is 11.0. The molecule has 1 aliphatic heterocycles. The van der Waals surface area contributed by atoms with E-state index in [1.165, 1.54) is 0 Å². The number of hydrogen-bond acceptors (Lipinski definition) is 3. The minimum absolute atomic E-state index is 0.391. The summed E-state index contributed by atoms with van der Waals surface area (Å²) in [6.45, 7) is 2.92. The molecule has 4 nitrogen and oxygen atoms in total. The molecule has 0 aromatic heterocycles. The number of alkyl halides is 1. The first kappa shape index (κ1) is 15.0. The van der Waals surface area contributed by atoms with E-state index in [9.17, 15) is 8.42 Å². The second-order valence-corrected chi connectivity index (χ2v) is 7.34. The Hall–Kier alpha value is -0.430. The number of hydrogen-bond donors (Lipinski definition) is 0. The van der Waals surface area contributed by atoms with E-state index in [-0.39, 0.29) is 0 Å². The molecule has 1 saturated heterocycles. The maximum Gasteiger partial charge on any atom is 0.243 e. The minimum atomic E-state index is -3.34. The molecule has 1 heterocycles. The van der Waals surface area contributed by atoms with Crippen molar-refractivity contribution in [3.05, 3.63) is 29.8 Å². The third-order valence-corrected chi connectivity index (χ3v) is 5.95. The average molecular weight is 347 g/mol. The van der Waals surface area contributed by atoms with E-state index in [0.29, 0.717) is 18.0 Å². The molecule has 19 heavy (non-hydrogen) atoms. The van der Waals surface area contributed by atoms with Crippen molar-refractivity contribution in [3.8, 4) is 0 Å². The Morgan fingerprint density at radius 2 is 1.79 bits per heavy atom. The molecule has 106 valence electrons. The van der Waals surface area contributed by atoms with Crippen molar-refractivity contribution in [1.82, 2.24) is 9.21 Å². The van der Waals surface area contributed by atoms with Crippen LogP contribution in [0.2, 0.25) is 0 Å². The van der Waals surface area contributed by atoms with Gasteiger partial charge in [-0.25, -0.2) is 8.42 Å². The summed E-state index contributed by atoms with van der Waals surface area (Å²) in [7, 11) is -1.31. The molecule has 0 N–H and O–H groups in total.